The summed E-state index contributed by atoms with van der Waals surface area (Å²) in [5, 5.41) is 22.0. The molecule has 3 atom stereocenters. The molecule has 144 valence electrons. The number of rotatable bonds is 6. The number of hydrogen-bond donors (Lipinski definition) is 1. The van der Waals surface area contributed by atoms with Gasteiger partial charge in [-0.2, -0.15) is 0 Å². The van der Waals surface area contributed by atoms with Crippen LogP contribution in [-0.2, 0) is 4.79 Å². The Kier molecular flexibility index (Phi) is 6.10. The molecule has 0 radical (unpaired) electrons. The van der Waals surface area contributed by atoms with E-state index in [1.165, 1.54) is 18.6 Å². The number of benzene rings is 1. The lowest BCUT2D eigenvalue weighted by Crippen LogP contribution is -2.44. The molecule has 0 bridgehead atoms. The molecule has 1 fully saturated rings. The van der Waals surface area contributed by atoms with E-state index < -0.39 is 4.92 Å². The largest absolute Gasteiger partial charge is 0.411 e. The maximum absolute atomic E-state index is 12.2. The molecular weight excluding hydrogens is 368 g/mol. The summed E-state index contributed by atoms with van der Waals surface area (Å²) in [4.78, 5) is 22.6. The van der Waals surface area contributed by atoms with Crippen LogP contribution in [0.25, 0.3) is 11.5 Å². The molecule has 0 saturated heterocycles. The molecule has 1 heterocycles. The van der Waals surface area contributed by atoms with Crippen molar-refractivity contribution in [2.45, 2.75) is 44.4 Å². The Morgan fingerprint density at radius 2 is 2.19 bits per heavy atom. The van der Waals surface area contributed by atoms with E-state index in [1.807, 2.05) is 0 Å². The van der Waals surface area contributed by atoms with Gasteiger partial charge in [0.15, 0.2) is 0 Å². The fraction of sp³-hybridized carbons (Fsp3) is 0.500. The number of nitro benzene ring substituents is 1. The van der Waals surface area contributed by atoms with Crippen LogP contribution in [0.15, 0.2) is 33.9 Å². The molecule has 1 aromatic heterocycles. The fourth-order valence-corrected chi connectivity index (χ4v) is 3.87. The van der Waals surface area contributed by atoms with Crippen LogP contribution >= 0.6 is 11.8 Å². The van der Waals surface area contributed by atoms with Crippen molar-refractivity contribution in [3.05, 3.63) is 34.4 Å². The molecule has 1 N–H and O–H groups in total. The second kappa shape index (κ2) is 8.51. The summed E-state index contributed by atoms with van der Waals surface area (Å²) in [5.74, 6) is 1.41. The minimum Gasteiger partial charge on any atom is -0.411 e. The lowest BCUT2D eigenvalue weighted by atomic mass is 9.78. The Bertz CT molecular complexity index is 825. The monoisotopic (exact) mass is 390 g/mol. The van der Waals surface area contributed by atoms with Crippen LogP contribution in [0.4, 0.5) is 5.69 Å². The first kappa shape index (κ1) is 19.3. The number of nitro groups is 1. The van der Waals surface area contributed by atoms with Crippen LogP contribution in [0.2, 0.25) is 0 Å². The molecule has 1 saturated carbocycles. The van der Waals surface area contributed by atoms with Gasteiger partial charge in [-0.15, -0.1) is 10.2 Å². The summed E-state index contributed by atoms with van der Waals surface area (Å²) in [7, 11) is 0. The first-order valence-corrected chi connectivity index (χ1v) is 9.93. The third kappa shape index (κ3) is 4.85. The zero-order valence-electron chi connectivity index (χ0n) is 15.3. The zero-order valence-corrected chi connectivity index (χ0v) is 16.1. The Labute approximate surface area is 161 Å². The summed E-state index contributed by atoms with van der Waals surface area (Å²) in [5.41, 5.74) is 0.424. The topological polar surface area (TPSA) is 111 Å². The molecule has 1 amide bonds. The van der Waals surface area contributed by atoms with Crippen LogP contribution in [0, 0.1) is 22.0 Å². The minimum absolute atomic E-state index is 0.0462. The van der Waals surface area contributed by atoms with E-state index in [0.717, 1.165) is 24.6 Å². The van der Waals surface area contributed by atoms with Crippen molar-refractivity contribution < 1.29 is 14.1 Å². The number of carbonyl (C=O) groups excluding carboxylic acids is 1. The molecule has 9 heteroatoms. The highest BCUT2D eigenvalue weighted by Gasteiger charge is 2.28. The number of nitrogens with one attached hydrogen (secondary N) is 1. The van der Waals surface area contributed by atoms with E-state index in [-0.39, 0.29) is 34.5 Å². The van der Waals surface area contributed by atoms with Gasteiger partial charge in [0.05, 0.1) is 10.7 Å². The molecular formula is C18H22N4O4S. The van der Waals surface area contributed by atoms with Gasteiger partial charge in [0.1, 0.15) is 0 Å². The number of non-ortho nitro benzene ring substituents is 1. The van der Waals surface area contributed by atoms with Crippen molar-refractivity contribution in [1.82, 2.24) is 15.5 Å². The van der Waals surface area contributed by atoms with Gasteiger partial charge < -0.3 is 9.73 Å². The third-order valence-corrected chi connectivity index (χ3v) is 5.91. The molecule has 1 aliphatic carbocycles. The second-order valence-electron chi connectivity index (χ2n) is 6.91. The summed E-state index contributed by atoms with van der Waals surface area (Å²) in [6.07, 6.45) is 3.37. The van der Waals surface area contributed by atoms with Gasteiger partial charge in [0.25, 0.3) is 10.9 Å². The Balaban J connectivity index is 1.56. The molecule has 27 heavy (non-hydrogen) atoms. The van der Waals surface area contributed by atoms with Gasteiger partial charge >= 0.3 is 0 Å². The quantitative estimate of drug-likeness (QED) is 0.455. The van der Waals surface area contributed by atoms with E-state index in [2.05, 4.69) is 29.4 Å². The van der Waals surface area contributed by atoms with Gasteiger partial charge in [-0.05, 0) is 24.3 Å². The van der Waals surface area contributed by atoms with Crippen LogP contribution in [0.1, 0.15) is 33.1 Å². The predicted octanol–water partition coefficient (Wildman–Crippen LogP) is 3.68. The summed E-state index contributed by atoms with van der Waals surface area (Å²) < 4.78 is 5.52. The number of carbonyl (C=O) groups is 1. The smallest absolute Gasteiger partial charge is 0.277 e. The van der Waals surface area contributed by atoms with E-state index in [9.17, 15) is 14.9 Å². The second-order valence-corrected chi connectivity index (χ2v) is 7.84. The highest BCUT2D eigenvalue weighted by molar-refractivity contribution is 7.99. The van der Waals surface area contributed by atoms with Crippen molar-refractivity contribution in [3.63, 3.8) is 0 Å². The predicted molar refractivity (Wildman–Crippen MR) is 101 cm³/mol. The van der Waals surface area contributed by atoms with Crippen LogP contribution in [0.3, 0.4) is 0 Å². The molecule has 0 spiro atoms. The minimum atomic E-state index is -0.479. The summed E-state index contributed by atoms with van der Waals surface area (Å²) >= 11 is 1.16. The maximum atomic E-state index is 12.2. The highest BCUT2D eigenvalue weighted by atomic mass is 32.2. The van der Waals surface area contributed by atoms with E-state index >= 15 is 0 Å². The van der Waals surface area contributed by atoms with Crippen LogP contribution in [-0.4, -0.2) is 32.8 Å². The van der Waals surface area contributed by atoms with Crippen LogP contribution < -0.4 is 5.32 Å². The summed E-state index contributed by atoms with van der Waals surface area (Å²) in [6, 6.07) is 6.20. The molecule has 2 aromatic rings. The molecule has 3 rings (SSSR count). The van der Waals surface area contributed by atoms with Gasteiger partial charge in [-0.25, -0.2) is 0 Å². The normalized spacial score (nSPS) is 22.4. The van der Waals surface area contributed by atoms with E-state index in [1.54, 1.807) is 12.1 Å². The average Bonchev–Trinajstić information content (AvgIpc) is 3.13. The number of hydrogen-bond acceptors (Lipinski definition) is 7. The molecule has 0 aliphatic heterocycles. The third-order valence-electron chi connectivity index (χ3n) is 5.09. The summed E-state index contributed by atoms with van der Waals surface area (Å²) in [6.45, 7) is 4.41. The van der Waals surface area contributed by atoms with E-state index in [4.69, 9.17) is 4.42 Å². The number of nitrogens with zero attached hydrogens (tertiary/aromatic N) is 3. The number of amides is 1. The van der Waals surface area contributed by atoms with Crippen LogP contribution in [0.5, 0.6) is 0 Å². The Morgan fingerprint density at radius 1 is 1.37 bits per heavy atom. The fourth-order valence-electron chi connectivity index (χ4n) is 3.30. The molecule has 1 aromatic carbocycles. The van der Waals surface area contributed by atoms with Gasteiger partial charge in [-0.1, -0.05) is 44.5 Å². The van der Waals surface area contributed by atoms with Crippen molar-refractivity contribution in [2.75, 3.05) is 5.75 Å². The molecule has 8 nitrogen and oxygen atoms in total. The first-order valence-electron chi connectivity index (χ1n) is 8.94. The number of thioether (sulfide) groups is 1. The van der Waals surface area contributed by atoms with Crippen molar-refractivity contribution in [2.24, 2.45) is 11.8 Å². The average molecular weight is 390 g/mol. The van der Waals surface area contributed by atoms with Crippen molar-refractivity contribution >= 4 is 23.4 Å². The molecule has 1 aliphatic rings. The SMILES string of the molecule is C[C@@H]1[C@H](C)CCC[C@H]1NC(=O)CSc1nnc(-c2cccc([N+](=O)[O-])c2)o1. The van der Waals surface area contributed by atoms with E-state index in [0.29, 0.717) is 17.4 Å². The highest BCUT2D eigenvalue weighted by Crippen LogP contribution is 2.30. The lowest BCUT2D eigenvalue weighted by Gasteiger charge is -2.34. The van der Waals surface area contributed by atoms with Crippen molar-refractivity contribution in [3.8, 4) is 11.5 Å². The van der Waals surface area contributed by atoms with Gasteiger partial charge in [0, 0.05) is 23.7 Å². The standard InChI is InChI=1S/C18H22N4O4S/c1-11-5-3-8-15(12(11)2)19-16(23)10-27-18-21-20-17(26-18)13-6-4-7-14(9-13)22(24)25/h4,6-7,9,11-12,15H,3,5,8,10H2,1-2H3,(H,19,23)/t11-,12-,15-/m1/s1. The maximum Gasteiger partial charge on any atom is 0.277 e. The van der Waals surface area contributed by atoms with Gasteiger partial charge in [0.2, 0.25) is 11.8 Å². The van der Waals surface area contributed by atoms with Gasteiger partial charge in [-0.3, -0.25) is 14.9 Å². The first-order chi connectivity index (χ1) is 12.9. The Hall–Kier alpha value is -2.42. The van der Waals surface area contributed by atoms with Crippen molar-refractivity contribution in [1.29, 1.82) is 0 Å². The lowest BCUT2D eigenvalue weighted by molar-refractivity contribution is -0.384. The zero-order chi connectivity index (χ0) is 19.4. The number of aromatic nitrogens is 2. The molecule has 0 unspecified atom stereocenters. The Morgan fingerprint density at radius 3 is 2.96 bits per heavy atom.